The zero-order chi connectivity index (χ0) is 14.8. The molecule has 22 heavy (non-hydrogen) atoms. The Labute approximate surface area is 129 Å². The van der Waals surface area contributed by atoms with Gasteiger partial charge in [0.2, 0.25) is 0 Å². The number of ether oxygens (including phenoxy) is 2. The van der Waals surface area contributed by atoms with Gasteiger partial charge in [0.15, 0.2) is 0 Å². The highest BCUT2D eigenvalue weighted by molar-refractivity contribution is 5.16. The van der Waals surface area contributed by atoms with Crippen molar-refractivity contribution in [1.82, 2.24) is 9.88 Å². The molecule has 1 atom stereocenters. The van der Waals surface area contributed by atoms with E-state index in [1.807, 2.05) is 24.3 Å². The van der Waals surface area contributed by atoms with E-state index in [9.17, 15) is 0 Å². The lowest BCUT2D eigenvalue weighted by molar-refractivity contribution is -0.142. The number of furan rings is 1. The molecule has 0 aliphatic carbocycles. The Morgan fingerprint density at radius 1 is 1.32 bits per heavy atom. The molecule has 0 radical (unpaired) electrons. The molecule has 2 saturated heterocycles. The summed E-state index contributed by atoms with van der Waals surface area (Å²) in [4.78, 5) is 6.44. The number of rotatable bonds is 5. The van der Waals surface area contributed by atoms with Crippen LogP contribution >= 0.6 is 0 Å². The number of nitrogens with zero attached hydrogens (tertiary/aromatic N) is 2. The van der Waals surface area contributed by atoms with Crippen molar-refractivity contribution in [2.45, 2.75) is 18.6 Å². The fraction of sp³-hybridized carbons (Fsp3) is 0.471. The number of pyridine rings is 1. The average molecular weight is 300 g/mol. The van der Waals surface area contributed by atoms with Crippen LogP contribution in [0.3, 0.4) is 0 Å². The molecule has 0 saturated carbocycles. The first kappa shape index (κ1) is 13.8. The smallest absolute Gasteiger partial charge is 0.137 e. The van der Waals surface area contributed by atoms with Gasteiger partial charge in [0, 0.05) is 31.8 Å². The lowest BCUT2D eigenvalue weighted by Crippen LogP contribution is -2.64. The molecular formula is C17H20N2O3. The zero-order valence-electron chi connectivity index (χ0n) is 12.5. The van der Waals surface area contributed by atoms with E-state index in [1.165, 1.54) is 0 Å². The maximum atomic E-state index is 6.06. The molecule has 2 aliphatic heterocycles. The van der Waals surface area contributed by atoms with Gasteiger partial charge in [0.05, 0.1) is 31.2 Å². The monoisotopic (exact) mass is 300 g/mol. The molecule has 0 unspecified atom stereocenters. The summed E-state index contributed by atoms with van der Waals surface area (Å²) in [6, 6.07) is 7.79. The first-order valence-electron chi connectivity index (χ1n) is 7.76. The van der Waals surface area contributed by atoms with Gasteiger partial charge in [-0.05, 0) is 30.7 Å². The summed E-state index contributed by atoms with van der Waals surface area (Å²) in [5.74, 6) is 2.29. The maximum absolute atomic E-state index is 6.06. The van der Waals surface area contributed by atoms with Gasteiger partial charge in [-0.3, -0.25) is 9.88 Å². The van der Waals surface area contributed by atoms with Crippen LogP contribution in [-0.2, 0) is 11.3 Å². The Morgan fingerprint density at radius 3 is 3.05 bits per heavy atom. The fourth-order valence-electron chi connectivity index (χ4n) is 3.44. The van der Waals surface area contributed by atoms with Gasteiger partial charge >= 0.3 is 0 Å². The van der Waals surface area contributed by atoms with Gasteiger partial charge in [0.1, 0.15) is 11.5 Å². The second kappa shape index (κ2) is 5.74. The van der Waals surface area contributed by atoms with Crippen LogP contribution in [-0.4, -0.2) is 41.8 Å². The quantitative estimate of drug-likeness (QED) is 0.848. The van der Waals surface area contributed by atoms with Crippen molar-refractivity contribution in [2.75, 3.05) is 26.3 Å². The van der Waals surface area contributed by atoms with Crippen molar-refractivity contribution in [3.63, 3.8) is 0 Å². The summed E-state index contributed by atoms with van der Waals surface area (Å²) >= 11 is 0. The molecule has 0 amide bonds. The van der Waals surface area contributed by atoms with E-state index in [2.05, 4.69) is 9.88 Å². The lowest BCUT2D eigenvalue weighted by Gasteiger charge is -2.49. The molecular weight excluding hydrogens is 280 g/mol. The number of aromatic nitrogens is 1. The van der Waals surface area contributed by atoms with Gasteiger partial charge in [-0.15, -0.1) is 0 Å². The van der Waals surface area contributed by atoms with Crippen molar-refractivity contribution in [3.8, 4) is 5.75 Å². The third kappa shape index (κ3) is 2.62. The summed E-state index contributed by atoms with van der Waals surface area (Å²) in [6.45, 7) is 4.29. The maximum Gasteiger partial charge on any atom is 0.137 e. The van der Waals surface area contributed by atoms with E-state index >= 15 is 0 Å². The van der Waals surface area contributed by atoms with E-state index in [0.717, 1.165) is 44.2 Å². The van der Waals surface area contributed by atoms with Crippen LogP contribution in [0.2, 0.25) is 0 Å². The van der Waals surface area contributed by atoms with Gasteiger partial charge in [-0.2, -0.15) is 0 Å². The zero-order valence-corrected chi connectivity index (χ0v) is 12.5. The van der Waals surface area contributed by atoms with Gasteiger partial charge in [-0.25, -0.2) is 0 Å². The first-order chi connectivity index (χ1) is 10.8. The normalized spacial score (nSPS) is 23.5. The summed E-state index contributed by atoms with van der Waals surface area (Å²) < 4.78 is 17.4. The second-order valence-corrected chi connectivity index (χ2v) is 6.12. The second-order valence-electron chi connectivity index (χ2n) is 6.12. The molecule has 2 aromatic rings. The van der Waals surface area contributed by atoms with Crippen molar-refractivity contribution in [2.24, 2.45) is 5.92 Å². The Hall–Kier alpha value is -1.85. The Balaban J connectivity index is 1.32. The predicted molar refractivity (Wildman–Crippen MR) is 80.5 cm³/mol. The minimum Gasteiger partial charge on any atom is -0.492 e. The van der Waals surface area contributed by atoms with Crippen LogP contribution in [0.15, 0.2) is 47.3 Å². The van der Waals surface area contributed by atoms with Crippen LogP contribution in [0.1, 0.15) is 12.2 Å². The van der Waals surface area contributed by atoms with Crippen LogP contribution in [0, 0.1) is 5.92 Å². The summed E-state index contributed by atoms with van der Waals surface area (Å²) in [5.41, 5.74) is -0.0329. The van der Waals surface area contributed by atoms with Gasteiger partial charge < -0.3 is 13.9 Å². The molecule has 116 valence electrons. The molecule has 1 spiro atoms. The molecule has 0 aromatic carbocycles. The highest BCUT2D eigenvalue weighted by Crippen LogP contribution is 2.40. The molecule has 2 aromatic heterocycles. The average Bonchev–Trinajstić information content (AvgIpc) is 3.15. The Morgan fingerprint density at radius 2 is 2.27 bits per heavy atom. The van der Waals surface area contributed by atoms with E-state index in [-0.39, 0.29) is 5.60 Å². The molecule has 4 heterocycles. The molecule has 2 aliphatic rings. The summed E-state index contributed by atoms with van der Waals surface area (Å²) in [6.07, 6.45) is 6.30. The van der Waals surface area contributed by atoms with Crippen LogP contribution < -0.4 is 4.74 Å². The van der Waals surface area contributed by atoms with Crippen molar-refractivity contribution < 1.29 is 13.9 Å². The minimum absolute atomic E-state index is 0.0329. The van der Waals surface area contributed by atoms with E-state index in [4.69, 9.17) is 13.9 Å². The van der Waals surface area contributed by atoms with E-state index in [1.54, 1.807) is 18.7 Å². The first-order valence-corrected chi connectivity index (χ1v) is 7.76. The van der Waals surface area contributed by atoms with Crippen LogP contribution in [0.5, 0.6) is 5.75 Å². The minimum atomic E-state index is -0.0329. The van der Waals surface area contributed by atoms with Crippen LogP contribution in [0.25, 0.3) is 0 Å². The molecule has 0 bridgehead atoms. The Bertz CT molecular complexity index is 594. The molecule has 4 rings (SSSR count). The SMILES string of the molecule is c1cncc(OC[C@@H]2CCOC23CN(Cc2ccco2)C3)c1. The fourth-order valence-corrected chi connectivity index (χ4v) is 3.44. The van der Waals surface area contributed by atoms with Crippen LogP contribution in [0.4, 0.5) is 0 Å². The Kier molecular flexibility index (Phi) is 3.60. The molecule has 2 fully saturated rings. The van der Waals surface area contributed by atoms with Crippen molar-refractivity contribution >= 4 is 0 Å². The predicted octanol–water partition coefficient (Wildman–Crippen LogP) is 2.34. The number of likely N-dealkylation sites (tertiary alicyclic amines) is 1. The highest BCUT2D eigenvalue weighted by Gasteiger charge is 2.53. The molecule has 0 N–H and O–H groups in total. The largest absolute Gasteiger partial charge is 0.492 e. The number of hydrogen-bond donors (Lipinski definition) is 0. The topological polar surface area (TPSA) is 47.7 Å². The molecule has 5 nitrogen and oxygen atoms in total. The standard InChI is InChI=1S/C17H20N2O3/c1-3-15(9-18-6-1)21-11-14-5-8-22-17(14)12-19(13-17)10-16-4-2-7-20-16/h1-4,6-7,9,14H,5,8,10-13H2/t14-/m0/s1. The van der Waals surface area contributed by atoms with Crippen molar-refractivity contribution in [3.05, 3.63) is 48.7 Å². The van der Waals surface area contributed by atoms with Crippen molar-refractivity contribution in [1.29, 1.82) is 0 Å². The number of hydrogen-bond acceptors (Lipinski definition) is 5. The third-order valence-electron chi connectivity index (χ3n) is 4.63. The third-order valence-corrected chi connectivity index (χ3v) is 4.63. The van der Waals surface area contributed by atoms with Gasteiger partial charge in [-0.1, -0.05) is 0 Å². The lowest BCUT2D eigenvalue weighted by atomic mass is 9.81. The van der Waals surface area contributed by atoms with Gasteiger partial charge in [0.25, 0.3) is 0 Å². The summed E-state index contributed by atoms with van der Waals surface area (Å²) in [5, 5.41) is 0. The highest BCUT2D eigenvalue weighted by atomic mass is 16.5. The molecule has 5 heteroatoms. The van der Waals surface area contributed by atoms with E-state index in [0.29, 0.717) is 12.5 Å². The summed E-state index contributed by atoms with van der Waals surface area (Å²) in [7, 11) is 0. The van der Waals surface area contributed by atoms with E-state index < -0.39 is 0 Å².